The lowest BCUT2D eigenvalue weighted by atomic mass is 10.1. The molecule has 0 saturated heterocycles. The zero-order valence-corrected chi connectivity index (χ0v) is 11.5. The molecule has 1 rings (SSSR count). The Kier molecular flexibility index (Phi) is 5.37. The van der Waals surface area contributed by atoms with Crippen LogP contribution >= 0.6 is 0 Å². The van der Waals surface area contributed by atoms with Crippen LogP contribution in [0.4, 0.5) is 13.2 Å². The first-order valence-corrected chi connectivity index (χ1v) is 6.05. The summed E-state index contributed by atoms with van der Waals surface area (Å²) in [6, 6.07) is 3.73. The Bertz CT molecular complexity index is 540. The second kappa shape index (κ2) is 6.65. The number of amides is 1. The van der Waals surface area contributed by atoms with Crippen LogP contribution in [0.3, 0.4) is 0 Å². The van der Waals surface area contributed by atoms with Gasteiger partial charge in [0.25, 0.3) is 5.91 Å². The van der Waals surface area contributed by atoms with Crippen molar-refractivity contribution in [1.82, 2.24) is 5.32 Å². The maximum atomic E-state index is 12.3. The number of rotatable bonds is 6. The molecule has 1 aromatic rings. The molecule has 0 bridgehead atoms. The average Bonchev–Trinajstić information content (AvgIpc) is 2.42. The molecular weight excluding hydrogens is 307 g/mol. The van der Waals surface area contributed by atoms with E-state index in [9.17, 15) is 27.9 Å². The highest BCUT2D eigenvalue weighted by atomic mass is 19.4. The minimum absolute atomic E-state index is 0.0492. The van der Waals surface area contributed by atoms with Gasteiger partial charge < -0.3 is 20.3 Å². The molecule has 0 saturated carbocycles. The summed E-state index contributed by atoms with van der Waals surface area (Å²) < 4.78 is 42.0. The van der Waals surface area contributed by atoms with Gasteiger partial charge in [-0.15, -0.1) is 0 Å². The molecule has 1 amide bonds. The number of carbonyl (C=O) groups excluding carboxylic acids is 1. The first-order valence-electron chi connectivity index (χ1n) is 6.05. The van der Waals surface area contributed by atoms with Crippen LogP contribution < -0.4 is 10.1 Å². The summed E-state index contributed by atoms with van der Waals surface area (Å²) in [5, 5.41) is 20.1. The van der Waals surface area contributed by atoms with E-state index in [0.29, 0.717) is 0 Å². The van der Waals surface area contributed by atoms with Gasteiger partial charge in [0.2, 0.25) is 0 Å². The molecule has 0 aliphatic rings. The summed E-state index contributed by atoms with van der Waals surface area (Å²) in [7, 11) is 0. The Balaban J connectivity index is 2.46. The highest BCUT2D eigenvalue weighted by Crippen LogP contribution is 2.30. The van der Waals surface area contributed by atoms with Crippen LogP contribution in [0.25, 0.3) is 0 Å². The number of nitrogens with one attached hydrogen (secondary N) is 1. The predicted molar refractivity (Wildman–Crippen MR) is 68.2 cm³/mol. The molecule has 0 aliphatic heterocycles. The maximum absolute atomic E-state index is 12.3. The second-order valence-electron chi connectivity index (χ2n) is 4.67. The fourth-order valence-electron chi connectivity index (χ4n) is 1.29. The van der Waals surface area contributed by atoms with E-state index in [2.05, 4.69) is 5.32 Å². The van der Waals surface area contributed by atoms with Crippen molar-refractivity contribution in [3.8, 4) is 5.75 Å². The second-order valence-corrected chi connectivity index (χ2v) is 4.67. The summed E-state index contributed by atoms with van der Waals surface area (Å²) in [6.45, 7) is -0.0507. The van der Waals surface area contributed by atoms with E-state index in [0.717, 1.165) is 31.2 Å². The van der Waals surface area contributed by atoms with Gasteiger partial charge in [0, 0.05) is 0 Å². The number of carboxylic acid groups (broad SMARTS) is 1. The van der Waals surface area contributed by atoms with Gasteiger partial charge in [-0.1, -0.05) is 0 Å². The van der Waals surface area contributed by atoms with Gasteiger partial charge in [0.05, 0.1) is 12.1 Å². The van der Waals surface area contributed by atoms with Gasteiger partial charge in [-0.25, -0.2) is 4.79 Å². The Morgan fingerprint density at radius 3 is 2.23 bits per heavy atom. The number of benzene rings is 1. The van der Waals surface area contributed by atoms with Crippen molar-refractivity contribution in [3.05, 3.63) is 29.8 Å². The quantitative estimate of drug-likeness (QED) is 0.727. The summed E-state index contributed by atoms with van der Waals surface area (Å²) in [5.41, 5.74) is -2.97. The topological polar surface area (TPSA) is 95.9 Å². The third-order valence-corrected chi connectivity index (χ3v) is 2.64. The third kappa shape index (κ3) is 5.24. The Hall–Kier alpha value is -2.29. The molecule has 9 heteroatoms. The smallest absolute Gasteiger partial charge is 0.416 e. The van der Waals surface area contributed by atoms with Crippen LogP contribution in [0.2, 0.25) is 0 Å². The van der Waals surface area contributed by atoms with Crippen molar-refractivity contribution in [3.63, 3.8) is 0 Å². The number of carboxylic acids is 1. The van der Waals surface area contributed by atoms with Crippen molar-refractivity contribution in [1.29, 1.82) is 0 Å². The highest BCUT2D eigenvalue weighted by molar-refractivity contribution is 5.80. The number of ether oxygens (including phenoxy) is 1. The Morgan fingerprint density at radius 1 is 1.23 bits per heavy atom. The van der Waals surface area contributed by atoms with Gasteiger partial charge in [0.1, 0.15) is 5.75 Å². The number of aliphatic carboxylic acids is 1. The van der Waals surface area contributed by atoms with Gasteiger partial charge in [-0.3, -0.25) is 4.79 Å². The number of hydrogen-bond donors (Lipinski definition) is 3. The monoisotopic (exact) mass is 321 g/mol. The van der Waals surface area contributed by atoms with Gasteiger partial charge in [-0.05, 0) is 31.2 Å². The summed E-state index contributed by atoms with van der Waals surface area (Å²) in [4.78, 5) is 22.0. The molecule has 0 aromatic heterocycles. The first-order chi connectivity index (χ1) is 10.0. The van der Waals surface area contributed by atoms with E-state index < -0.39 is 42.4 Å². The molecule has 1 atom stereocenters. The first kappa shape index (κ1) is 17.8. The fraction of sp³-hybridized carbons (Fsp3) is 0.385. The van der Waals surface area contributed by atoms with Crippen LogP contribution in [0.5, 0.6) is 5.75 Å². The molecule has 0 radical (unpaired) electrons. The molecule has 0 spiro atoms. The van der Waals surface area contributed by atoms with E-state index in [-0.39, 0.29) is 5.75 Å². The van der Waals surface area contributed by atoms with Crippen LogP contribution in [-0.4, -0.2) is 40.8 Å². The van der Waals surface area contributed by atoms with E-state index >= 15 is 0 Å². The molecule has 1 aromatic carbocycles. The van der Waals surface area contributed by atoms with Crippen molar-refractivity contribution in [2.24, 2.45) is 0 Å². The molecule has 1 unspecified atom stereocenters. The van der Waals surface area contributed by atoms with E-state index in [4.69, 9.17) is 9.84 Å². The van der Waals surface area contributed by atoms with Crippen LogP contribution in [0, 0.1) is 0 Å². The Labute approximate surface area is 123 Å². The molecule has 122 valence electrons. The number of halogens is 3. The minimum atomic E-state index is -4.46. The lowest BCUT2D eigenvalue weighted by molar-refractivity contribution is -0.156. The zero-order chi connectivity index (χ0) is 17.0. The number of hydrogen-bond acceptors (Lipinski definition) is 4. The molecule has 3 N–H and O–H groups in total. The largest absolute Gasteiger partial charge is 0.484 e. The molecule has 0 fully saturated rings. The van der Waals surface area contributed by atoms with Crippen LogP contribution in [-0.2, 0) is 15.8 Å². The highest BCUT2D eigenvalue weighted by Gasteiger charge is 2.31. The summed E-state index contributed by atoms with van der Waals surface area (Å²) in [5.74, 6) is -2.17. The van der Waals surface area contributed by atoms with Crippen molar-refractivity contribution in [2.75, 3.05) is 13.2 Å². The standard InChI is InChI=1S/C13H14F3NO5/c1-12(21,11(19)20)7-17-10(18)6-22-9-4-2-8(3-5-9)13(14,15)16/h2-5,21H,6-7H2,1H3,(H,17,18)(H,19,20). The minimum Gasteiger partial charge on any atom is -0.484 e. The van der Waals surface area contributed by atoms with Crippen LogP contribution in [0.1, 0.15) is 12.5 Å². The van der Waals surface area contributed by atoms with Crippen molar-refractivity contribution >= 4 is 11.9 Å². The molecular formula is C13H14F3NO5. The Morgan fingerprint density at radius 2 is 1.77 bits per heavy atom. The number of carbonyl (C=O) groups is 2. The van der Waals surface area contributed by atoms with Crippen molar-refractivity contribution in [2.45, 2.75) is 18.7 Å². The number of alkyl halides is 3. The SMILES string of the molecule is CC(O)(CNC(=O)COc1ccc(C(F)(F)F)cc1)C(=O)O. The third-order valence-electron chi connectivity index (χ3n) is 2.64. The molecule has 22 heavy (non-hydrogen) atoms. The fourth-order valence-corrected chi connectivity index (χ4v) is 1.29. The molecule has 0 heterocycles. The zero-order valence-electron chi connectivity index (χ0n) is 11.5. The normalized spacial score (nSPS) is 14.0. The van der Waals surface area contributed by atoms with E-state index in [1.54, 1.807) is 0 Å². The van der Waals surface area contributed by atoms with E-state index in [1.165, 1.54) is 0 Å². The molecule has 0 aliphatic carbocycles. The van der Waals surface area contributed by atoms with Gasteiger partial charge in [0.15, 0.2) is 12.2 Å². The number of aliphatic hydroxyl groups is 1. The lowest BCUT2D eigenvalue weighted by Gasteiger charge is -2.18. The van der Waals surface area contributed by atoms with Gasteiger partial charge in [-0.2, -0.15) is 13.2 Å². The lowest BCUT2D eigenvalue weighted by Crippen LogP contribution is -2.47. The molecule has 6 nitrogen and oxygen atoms in total. The predicted octanol–water partition coefficient (Wildman–Crippen LogP) is 1.04. The van der Waals surface area contributed by atoms with Crippen LogP contribution in [0.15, 0.2) is 24.3 Å². The van der Waals surface area contributed by atoms with E-state index in [1.807, 2.05) is 0 Å². The average molecular weight is 321 g/mol. The summed E-state index contributed by atoms with van der Waals surface area (Å²) in [6.07, 6.45) is -4.46. The maximum Gasteiger partial charge on any atom is 0.416 e. The van der Waals surface area contributed by atoms with Crippen molar-refractivity contribution < 1.29 is 37.7 Å². The van der Waals surface area contributed by atoms with Gasteiger partial charge >= 0.3 is 12.1 Å². The summed E-state index contributed by atoms with van der Waals surface area (Å²) >= 11 is 0.